The van der Waals surface area contributed by atoms with Crippen molar-refractivity contribution in [3.05, 3.63) is 0 Å². The number of hydrogen-bond donors (Lipinski definition) is 3. The molecule has 0 saturated heterocycles. The average Bonchev–Trinajstić information content (AvgIpc) is 2.58. The van der Waals surface area contributed by atoms with Crippen LogP contribution in [-0.2, 0) is 0 Å². The van der Waals surface area contributed by atoms with E-state index in [9.17, 15) is 5.11 Å². The highest BCUT2D eigenvalue weighted by Crippen LogP contribution is 2.14. The smallest absolute Gasteiger partial charge is 0.107 e. The molecular weight excluding hydrogens is 302 g/mol. The van der Waals surface area contributed by atoms with E-state index in [0.29, 0.717) is 13.1 Å². The summed E-state index contributed by atoms with van der Waals surface area (Å²) in [6.07, 6.45) is 17.4. The van der Waals surface area contributed by atoms with Crippen LogP contribution in [0.5, 0.6) is 0 Å². The van der Waals surface area contributed by atoms with E-state index in [2.05, 4.69) is 6.92 Å². The van der Waals surface area contributed by atoms with E-state index in [1.54, 1.807) is 4.90 Å². The molecule has 24 heavy (non-hydrogen) atoms. The van der Waals surface area contributed by atoms with Gasteiger partial charge in [0.2, 0.25) is 0 Å². The summed E-state index contributed by atoms with van der Waals surface area (Å²) in [4.78, 5) is 1.75. The molecule has 0 rings (SSSR count). The van der Waals surface area contributed by atoms with Crippen LogP contribution in [0.1, 0.15) is 96.8 Å². The molecule has 0 aliphatic carbocycles. The molecule has 0 aromatic heterocycles. The highest BCUT2D eigenvalue weighted by molar-refractivity contribution is 4.62. The fraction of sp³-hybridized carbons (Fsp3) is 1.00. The summed E-state index contributed by atoms with van der Waals surface area (Å²) in [6.45, 7) is 3.17. The van der Waals surface area contributed by atoms with Crippen LogP contribution in [0.2, 0.25) is 0 Å². The lowest BCUT2D eigenvalue weighted by Crippen LogP contribution is -2.39. The van der Waals surface area contributed by atoms with Crippen molar-refractivity contribution in [2.75, 3.05) is 26.3 Å². The Labute approximate surface area is 150 Å². The molecule has 1 atom stereocenters. The van der Waals surface area contributed by atoms with Gasteiger partial charge in [0.1, 0.15) is 6.23 Å². The van der Waals surface area contributed by atoms with Crippen molar-refractivity contribution < 1.29 is 15.3 Å². The van der Waals surface area contributed by atoms with Crippen LogP contribution in [0, 0.1) is 0 Å². The lowest BCUT2D eigenvalue weighted by Gasteiger charge is -2.26. The number of rotatable bonds is 19. The van der Waals surface area contributed by atoms with Crippen molar-refractivity contribution in [2.45, 2.75) is 103 Å². The largest absolute Gasteiger partial charge is 0.395 e. The predicted molar refractivity (Wildman–Crippen MR) is 102 cm³/mol. The first kappa shape index (κ1) is 23.8. The zero-order valence-electron chi connectivity index (χ0n) is 16.1. The standard InChI is InChI=1S/C20H43NO3/c1-2-3-4-5-6-7-8-9-10-11-12-13-14-15-20(24)21(16-18-22)17-19-23/h20,22-24H,2-19H2,1H3. The summed E-state index contributed by atoms with van der Waals surface area (Å²) >= 11 is 0. The van der Waals surface area contributed by atoms with Gasteiger partial charge in [0.05, 0.1) is 13.2 Å². The van der Waals surface area contributed by atoms with Crippen LogP contribution < -0.4 is 0 Å². The number of nitrogens with zero attached hydrogens (tertiary/aromatic N) is 1. The van der Waals surface area contributed by atoms with E-state index in [1.807, 2.05) is 0 Å². The van der Waals surface area contributed by atoms with Crippen molar-refractivity contribution in [3.63, 3.8) is 0 Å². The van der Waals surface area contributed by atoms with E-state index >= 15 is 0 Å². The second kappa shape index (κ2) is 19.2. The molecule has 0 heterocycles. The predicted octanol–water partition coefficient (Wildman–Crippen LogP) is 4.07. The molecule has 0 radical (unpaired) electrons. The lowest BCUT2D eigenvalue weighted by atomic mass is 10.0. The summed E-state index contributed by atoms with van der Waals surface area (Å²) in [7, 11) is 0. The van der Waals surface area contributed by atoms with Gasteiger partial charge in [-0.05, 0) is 12.8 Å². The minimum atomic E-state index is -0.531. The molecule has 0 saturated carbocycles. The number of aliphatic hydroxyl groups is 3. The Morgan fingerprint density at radius 2 is 1.00 bits per heavy atom. The quantitative estimate of drug-likeness (QED) is 0.244. The topological polar surface area (TPSA) is 63.9 Å². The van der Waals surface area contributed by atoms with Gasteiger partial charge in [-0.3, -0.25) is 4.90 Å². The van der Waals surface area contributed by atoms with Crippen molar-refractivity contribution in [3.8, 4) is 0 Å². The Kier molecular flexibility index (Phi) is 19.0. The van der Waals surface area contributed by atoms with Gasteiger partial charge in [0.25, 0.3) is 0 Å². The molecule has 0 aliphatic rings. The third kappa shape index (κ3) is 15.4. The molecule has 4 heteroatoms. The Balaban J connectivity index is 3.32. The Morgan fingerprint density at radius 1 is 0.625 bits per heavy atom. The normalized spacial score (nSPS) is 12.9. The van der Waals surface area contributed by atoms with Gasteiger partial charge in [-0.2, -0.15) is 0 Å². The Morgan fingerprint density at radius 3 is 1.38 bits per heavy atom. The van der Waals surface area contributed by atoms with Crippen LogP contribution in [0.25, 0.3) is 0 Å². The molecular formula is C20H43NO3. The van der Waals surface area contributed by atoms with E-state index < -0.39 is 6.23 Å². The van der Waals surface area contributed by atoms with Crippen molar-refractivity contribution >= 4 is 0 Å². The average molecular weight is 346 g/mol. The van der Waals surface area contributed by atoms with Crippen molar-refractivity contribution in [1.82, 2.24) is 4.90 Å². The van der Waals surface area contributed by atoms with E-state index in [4.69, 9.17) is 10.2 Å². The van der Waals surface area contributed by atoms with Crippen molar-refractivity contribution in [2.24, 2.45) is 0 Å². The molecule has 146 valence electrons. The Hall–Kier alpha value is -0.160. The second-order valence-electron chi connectivity index (χ2n) is 7.00. The molecule has 1 unspecified atom stereocenters. The Bertz CT molecular complexity index is 233. The van der Waals surface area contributed by atoms with Crippen LogP contribution in [0.4, 0.5) is 0 Å². The second-order valence-corrected chi connectivity index (χ2v) is 7.00. The highest BCUT2D eigenvalue weighted by atomic mass is 16.3. The van der Waals surface area contributed by atoms with Gasteiger partial charge in [-0.25, -0.2) is 0 Å². The molecule has 0 aliphatic heterocycles. The summed E-state index contributed by atoms with van der Waals surface area (Å²) in [6, 6.07) is 0. The molecule has 0 aromatic carbocycles. The van der Waals surface area contributed by atoms with Gasteiger partial charge >= 0.3 is 0 Å². The first-order valence-electron chi connectivity index (χ1n) is 10.4. The number of hydrogen-bond acceptors (Lipinski definition) is 4. The van der Waals surface area contributed by atoms with Gasteiger partial charge in [0, 0.05) is 13.1 Å². The van der Waals surface area contributed by atoms with Crippen LogP contribution >= 0.6 is 0 Å². The zero-order valence-corrected chi connectivity index (χ0v) is 16.1. The molecule has 0 spiro atoms. The summed E-state index contributed by atoms with van der Waals surface area (Å²) < 4.78 is 0. The lowest BCUT2D eigenvalue weighted by molar-refractivity contribution is -0.0205. The number of unbranched alkanes of at least 4 members (excludes halogenated alkanes) is 12. The molecule has 4 nitrogen and oxygen atoms in total. The summed E-state index contributed by atoms with van der Waals surface area (Å²) in [5.41, 5.74) is 0. The molecule has 0 bridgehead atoms. The fourth-order valence-electron chi connectivity index (χ4n) is 3.19. The molecule has 3 N–H and O–H groups in total. The highest BCUT2D eigenvalue weighted by Gasteiger charge is 2.13. The summed E-state index contributed by atoms with van der Waals surface area (Å²) in [5.74, 6) is 0. The maximum atomic E-state index is 10.1. The van der Waals surface area contributed by atoms with Gasteiger partial charge in [-0.15, -0.1) is 0 Å². The maximum absolute atomic E-state index is 10.1. The summed E-state index contributed by atoms with van der Waals surface area (Å²) in [5, 5.41) is 28.0. The molecule has 0 fully saturated rings. The first-order chi connectivity index (χ1) is 11.8. The van der Waals surface area contributed by atoms with Crippen molar-refractivity contribution in [1.29, 1.82) is 0 Å². The monoisotopic (exact) mass is 345 g/mol. The molecule has 0 amide bonds. The van der Waals surface area contributed by atoms with Crippen LogP contribution in [0.3, 0.4) is 0 Å². The van der Waals surface area contributed by atoms with E-state index in [1.165, 1.54) is 77.0 Å². The third-order valence-corrected chi connectivity index (χ3v) is 4.76. The van der Waals surface area contributed by atoms with E-state index in [-0.39, 0.29) is 13.2 Å². The minimum absolute atomic E-state index is 0.0235. The van der Waals surface area contributed by atoms with Gasteiger partial charge in [-0.1, -0.05) is 84.0 Å². The third-order valence-electron chi connectivity index (χ3n) is 4.76. The number of aliphatic hydroxyl groups excluding tert-OH is 3. The zero-order chi connectivity index (χ0) is 17.9. The van der Waals surface area contributed by atoms with E-state index in [0.717, 1.165) is 12.8 Å². The van der Waals surface area contributed by atoms with Gasteiger partial charge < -0.3 is 15.3 Å². The van der Waals surface area contributed by atoms with Crippen LogP contribution in [0.15, 0.2) is 0 Å². The van der Waals surface area contributed by atoms with Gasteiger partial charge in [0.15, 0.2) is 0 Å². The first-order valence-corrected chi connectivity index (χ1v) is 10.4. The molecule has 0 aromatic rings. The fourth-order valence-corrected chi connectivity index (χ4v) is 3.19. The van der Waals surface area contributed by atoms with Crippen LogP contribution in [-0.4, -0.2) is 52.8 Å². The SMILES string of the molecule is CCCCCCCCCCCCCCCC(O)N(CCO)CCO. The maximum Gasteiger partial charge on any atom is 0.107 e. The minimum Gasteiger partial charge on any atom is -0.395 e.